The second-order valence-electron chi connectivity index (χ2n) is 3.87. The Morgan fingerprint density at radius 3 is 2.08 bits per heavy atom. The predicted octanol–water partition coefficient (Wildman–Crippen LogP) is 4.91. The molecule has 0 atom stereocenters. The van der Waals surface area contributed by atoms with Gasteiger partial charge in [-0.3, -0.25) is 0 Å². The average molecular weight is 181 g/mol. The van der Waals surface area contributed by atoms with Crippen LogP contribution in [0, 0.1) is 6.92 Å². The van der Waals surface area contributed by atoms with Crippen molar-refractivity contribution in [3.63, 3.8) is 0 Å². The van der Waals surface area contributed by atoms with Crippen LogP contribution in [0.4, 0.5) is 0 Å². The minimum Gasteiger partial charge on any atom is -0.0999 e. The van der Waals surface area contributed by atoms with E-state index >= 15 is 0 Å². The Kier molecular flexibility index (Phi) is 9.63. The molecule has 0 unspecified atom stereocenters. The first kappa shape index (κ1) is 12.7. The zero-order valence-corrected chi connectivity index (χ0v) is 9.28. The van der Waals surface area contributed by atoms with Gasteiger partial charge in [0.15, 0.2) is 0 Å². The molecular weight excluding hydrogens is 156 g/mol. The Hall–Kier alpha value is -0.260. The van der Waals surface area contributed by atoms with Crippen molar-refractivity contribution in [2.45, 2.75) is 64.7 Å². The van der Waals surface area contributed by atoms with Crippen molar-refractivity contribution in [1.29, 1.82) is 0 Å². The first-order chi connectivity index (χ1) is 6.31. The normalized spacial score (nSPS) is 10.3. The van der Waals surface area contributed by atoms with Crippen LogP contribution in [-0.2, 0) is 0 Å². The standard InChI is InChI=1S/C13H25/c1-4-6-8-10-12-13(3)11-9-7-5-2/h2-12H2,1H3. The van der Waals surface area contributed by atoms with Crippen LogP contribution in [-0.4, -0.2) is 0 Å². The highest BCUT2D eigenvalue weighted by atomic mass is 14.0. The van der Waals surface area contributed by atoms with Crippen LogP contribution in [0.25, 0.3) is 0 Å². The molecule has 0 saturated heterocycles. The van der Waals surface area contributed by atoms with Gasteiger partial charge in [-0.25, -0.2) is 0 Å². The SMILES string of the molecule is [CH2]CCCCC(=C)CCCCCC. The Morgan fingerprint density at radius 2 is 1.54 bits per heavy atom. The molecule has 0 aromatic carbocycles. The minimum absolute atomic E-state index is 1.07. The highest BCUT2D eigenvalue weighted by molar-refractivity contribution is 4.93. The molecule has 0 heteroatoms. The molecule has 77 valence electrons. The second kappa shape index (κ2) is 9.83. The van der Waals surface area contributed by atoms with Crippen LogP contribution in [0.2, 0.25) is 0 Å². The van der Waals surface area contributed by atoms with Gasteiger partial charge >= 0.3 is 0 Å². The molecule has 0 heterocycles. The number of rotatable bonds is 9. The largest absolute Gasteiger partial charge is 0.0999 e. The monoisotopic (exact) mass is 181 g/mol. The quantitative estimate of drug-likeness (QED) is 0.350. The Morgan fingerprint density at radius 1 is 0.923 bits per heavy atom. The molecule has 13 heavy (non-hydrogen) atoms. The summed E-state index contributed by atoms with van der Waals surface area (Å²) >= 11 is 0. The fraction of sp³-hybridized carbons (Fsp3) is 0.769. The molecule has 0 bridgehead atoms. The van der Waals surface area contributed by atoms with E-state index in [1.165, 1.54) is 56.9 Å². The van der Waals surface area contributed by atoms with Gasteiger partial charge in [0, 0.05) is 0 Å². The van der Waals surface area contributed by atoms with Crippen LogP contribution in [0.1, 0.15) is 64.7 Å². The van der Waals surface area contributed by atoms with E-state index in [9.17, 15) is 0 Å². The van der Waals surface area contributed by atoms with Gasteiger partial charge in [-0.1, -0.05) is 58.1 Å². The summed E-state index contributed by atoms with van der Waals surface area (Å²) in [7, 11) is 0. The first-order valence-electron chi connectivity index (χ1n) is 5.77. The van der Waals surface area contributed by atoms with Crippen LogP contribution >= 0.6 is 0 Å². The van der Waals surface area contributed by atoms with Crippen molar-refractivity contribution < 1.29 is 0 Å². The van der Waals surface area contributed by atoms with E-state index in [0.717, 1.165) is 6.42 Å². The summed E-state index contributed by atoms with van der Waals surface area (Å²) in [6, 6.07) is 0. The number of unbranched alkanes of at least 4 members (excludes halogenated alkanes) is 5. The molecule has 0 rings (SSSR count). The summed E-state index contributed by atoms with van der Waals surface area (Å²) in [5.41, 5.74) is 1.45. The number of hydrogen-bond acceptors (Lipinski definition) is 0. The highest BCUT2D eigenvalue weighted by Gasteiger charge is 1.94. The fourth-order valence-electron chi connectivity index (χ4n) is 1.48. The lowest BCUT2D eigenvalue weighted by molar-refractivity contribution is 0.642. The first-order valence-corrected chi connectivity index (χ1v) is 5.77. The lowest BCUT2D eigenvalue weighted by Gasteiger charge is -2.04. The molecule has 0 aliphatic heterocycles. The summed E-state index contributed by atoms with van der Waals surface area (Å²) < 4.78 is 0. The molecule has 0 aliphatic carbocycles. The molecule has 0 N–H and O–H groups in total. The van der Waals surface area contributed by atoms with Gasteiger partial charge in [0.1, 0.15) is 0 Å². The number of allylic oxidation sites excluding steroid dienone is 1. The zero-order valence-electron chi connectivity index (χ0n) is 9.28. The molecule has 1 radical (unpaired) electrons. The molecule has 0 fully saturated rings. The Balaban J connectivity index is 3.11. The van der Waals surface area contributed by atoms with E-state index in [1.807, 2.05) is 0 Å². The summed E-state index contributed by atoms with van der Waals surface area (Å²) in [6.45, 7) is 10.2. The van der Waals surface area contributed by atoms with Crippen molar-refractivity contribution in [3.8, 4) is 0 Å². The smallest absolute Gasteiger partial charge is 0.0323 e. The lowest BCUT2D eigenvalue weighted by Crippen LogP contribution is -1.84. The highest BCUT2D eigenvalue weighted by Crippen LogP contribution is 2.14. The van der Waals surface area contributed by atoms with E-state index in [2.05, 4.69) is 20.4 Å². The summed E-state index contributed by atoms with van der Waals surface area (Å²) in [4.78, 5) is 0. The Labute approximate surface area is 84.4 Å². The van der Waals surface area contributed by atoms with Gasteiger partial charge in [-0.05, 0) is 25.7 Å². The van der Waals surface area contributed by atoms with Crippen molar-refractivity contribution in [1.82, 2.24) is 0 Å². The van der Waals surface area contributed by atoms with E-state index in [-0.39, 0.29) is 0 Å². The van der Waals surface area contributed by atoms with Gasteiger partial charge in [0.05, 0.1) is 0 Å². The molecule has 0 aromatic heterocycles. The van der Waals surface area contributed by atoms with E-state index in [0.29, 0.717) is 0 Å². The summed E-state index contributed by atoms with van der Waals surface area (Å²) in [6.07, 6.45) is 11.5. The maximum Gasteiger partial charge on any atom is -0.0323 e. The van der Waals surface area contributed by atoms with Gasteiger partial charge in [0.25, 0.3) is 0 Å². The maximum absolute atomic E-state index is 4.10. The third-order valence-corrected chi connectivity index (χ3v) is 2.41. The van der Waals surface area contributed by atoms with Gasteiger partial charge in [-0.15, -0.1) is 0 Å². The molecular formula is C13H25. The minimum atomic E-state index is 1.07. The molecule has 0 amide bonds. The zero-order chi connectivity index (χ0) is 9.94. The van der Waals surface area contributed by atoms with Crippen molar-refractivity contribution in [2.75, 3.05) is 0 Å². The van der Waals surface area contributed by atoms with Crippen molar-refractivity contribution >= 4 is 0 Å². The van der Waals surface area contributed by atoms with E-state index in [1.54, 1.807) is 0 Å². The topological polar surface area (TPSA) is 0 Å². The van der Waals surface area contributed by atoms with Crippen molar-refractivity contribution in [2.24, 2.45) is 0 Å². The van der Waals surface area contributed by atoms with E-state index in [4.69, 9.17) is 0 Å². The van der Waals surface area contributed by atoms with Crippen LogP contribution in [0.5, 0.6) is 0 Å². The second-order valence-corrected chi connectivity index (χ2v) is 3.87. The fourth-order valence-corrected chi connectivity index (χ4v) is 1.48. The molecule has 0 nitrogen and oxygen atoms in total. The molecule has 0 aromatic rings. The molecule has 0 spiro atoms. The average Bonchev–Trinajstić information content (AvgIpc) is 2.13. The molecule has 0 saturated carbocycles. The lowest BCUT2D eigenvalue weighted by atomic mass is 10.0. The third kappa shape index (κ3) is 9.66. The van der Waals surface area contributed by atoms with Crippen LogP contribution in [0.15, 0.2) is 12.2 Å². The van der Waals surface area contributed by atoms with Gasteiger partial charge < -0.3 is 0 Å². The summed E-state index contributed by atoms with van der Waals surface area (Å²) in [5, 5.41) is 0. The van der Waals surface area contributed by atoms with Crippen molar-refractivity contribution in [3.05, 3.63) is 19.1 Å². The van der Waals surface area contributed by atoms with E-state index < -0.39 is 0 Å². The predicted molar refractivity (Wildman–Crippen MR) is 61.7 cm³/mol. The maximum atomic E-state index is 4.10. The summed E-state index contributed by atoms with van der Waals surface area (Å²) in [5.74, 6) is 0. The van der Waals surface area contributed by atoms with Crippen LogP contribution in [0.3, 0.4) is 0 Å². The molecule has 0 aliphatic rings. The third-order valence-electron chi connectivity index (χ3n) is 2.41. The Bertz CT molecular complexity index is 113. The van der Waals surface area contributed by atoms with Gasteiger partial charge in [0.2, 0.25) is 0 Å². The van der Waals surface area contributed by atoms with Gasteiger partial charge in [-0.2, -0.15) is 0 Å². The van der Waals surface area contributed by atoms with Crippen LogP contribution < -0.4 is 0 Å². The number of hydrogen-bond donors (Lipinski definition) is 0.